The molecule has 0 spiro atoms. The third-order valence-electron chi connectivity index (χ3n) is 4.45. The molecule has 1 heterocycles. The Labute approximate surface area is 170 Å². The van der Waals surface area contributed by atoms with Crippen molar-refractivity contribution in [2.24, 2.45) is 7.05 Å². The van der Waals surface area contributed by atoms with Gasteiger partial charge in [0.05, 0.1) is 10.5 Å². The van der Waals surface area contributed by atoms with Crippen molar-refractivity contribution in [1.29, 1.82) is 0 Å². The zero-order valence-corrected chi connectivity index (χ0v) is 16.4. The lowest BCUT2D eigenvalue weighted by Gasteiger charge is -2.13. The second-order valence-corrected chi connectivity index (χ2v) is 6.98. The van der Waals surface area contributed by atoms with Gasteiger partial charge in [0, 0.05) is 31.3 Å². The number of carbonyl (C=O) groups is 2. The third-order valence-corrected chi connectivity index (χ3v) is 4.74. The van der Waals surface area contributed by atoms with Crippen LogP contribution in [0.2, 0.25) is 5.02 Å². The van der Waals surface area contributed by atoms with Crippen molar-refractivity contribution < 1.29 is 23.8 Å². The number of hydrogen-bond donors (Lipinski definition) is 1. The number of aromatic nitrogens is 1. The highest BCUT2D eigenvalue weighted by molar-refractivity contribution is 6.32. The van der Waals surface area contributed by atoms with Gasteiger partial charge in [0.15, 0.2) is 5.78 Å². The second-order valence-electron chi connectivity index (χ2n) is 6.57. The highest BCUT2D eigenvalue weighted by Crippen LogP contribution is 2.34. The molecule has 0 fully saturated rings. The van der Waals surface area contributed by atoms with E-state index in [1.54, 1.807) is 0 Å². The van der Waals surface area contributed by atoms with Crippen molar-refractivity contribution in [3.63, 3.8) is 0 Å². The van der Waals surface area contributed by atoms with Gasteiger partial charge in [-0.05, 0) is 37.3 Å². The number of ether oxygens (including phenoxy) is 1. The number of carbonyl (C=O) groups excluding carboxylic acids is 2. The minimum atomic E-state index is -0.680. The molecule has 1 aromatic heterocycles. The van der Waals surface area contributed by atoms with Crippen LogP contribution >= 0.6 is 11.6 Å². The lowest BCUT2D eigenvalue weighted by molar-refractivity contribution is -0.116. The summed E-state index contributed by atoms with van der Waals surface area (Å²) in [5.41, 5.74) is -0.705. The van der Waals surface area contributed by atoms with Gasteiger partial charge in [-0.1, -0.05) is 11.6 Å². The number of rotatable bonds is 6. The van der Waals surface area contributed by atoms with Crippen molar-refractivity contribution in [2.45, 2.75) is 19.8 Å². The normalized spacial score (nSPS) is 10.9. The topological polar surface area (TPSA) is 85.6 Å². The molecule has 0 atom stereocenters. The fourth-order valence-electron chi connectivity index (χ4n) is 2.92. The maximum absolute atomic E-state index is 13.2. The summed E-state index contributed by atoms with van der Waals surface area (Å²) in [6.45, 7) is 1.35. The zero-order valence-electron chi connectivity index (χ0n) is 15.7. The first-order valence-electron chi connectivity index (χ1n) is 8.70. The Morgan fingerprint density at radius 2 is 1.90 bits per heavy atom. The van der Waals surface area contributed by atoms with Gasteiger partial charge < -0.3 is 19.2 Å². The van der Waals surface area contributed by atoms with Crippen LogP contribution < -0.4 is 10.3 Å². The Kier molecular flexibility index (Phi) is 5.70. The van der Waals surface area contributed by atoms with E-state index in [1.165, 1.54) is 48.9 Å². The number of aromatic hydroxyl groups is 1. The molecule has 6 nitrogen and oxygen atoms in total. The minimum Gasteiger partial charge on any atom is -0.506 e. The van der Waals surface area contributed by atoms with Crippen LogP contribution in [0.15, 0.2) is 41.2 Å². The number of fused-ring (bicyclic) bond motifs is 1. The fourth-order valence-corrected chi connectivity index (χ4v) is 3.12. The third kappa shape index (κ3) is 4.14. The molecule has 29 heavy (non-hydrogen) atoms. The molecule has 0 aliphatic heterocycles. The van der Waals surface area contributed by atoms with Crippen molar-refractivity contribution in [1.82, 2.24) is 4.57 Å². The number of nitrogens with zero attached hydrogens (tertiary/aromatic N) is 1. The smallest absolute Gasteiger partial charge is 0.265 e. The average molecular weight is 418 g/mol. The van der Waals surface area contributed by atoms with Gasteiger partial charge in [-0.2, -0.15) is 0 Å². The summed E-state index contributed by atoms with van der Waals surface area (Å²) in [6.07, 6.45) is -0.168. The van der Waals surface area contributed by atoms with Gasteiger partial charge in [0.25, 0.3) is 5.56 Å². The van der Waals surface area contributed by atoms with Crippen LogP contribution in [0, 0.1) is 5.82 Å². The van der Waals surface area contributed by atoms with Crippen LogP contribution in [0.3, 0.4) is 0 Å². The molecule has 1 N–H and O–H groups in total. The van der Waals surface area contributed by atoms with Crippen molar-refractivity contribution in [3.05, 3.63) is 63.2 Å². The van der Waals surface area contributed by atoms with E-state index in [-0.39, 0.29) is 40.3 Å². The maximum Gasteiger partial charge on any atom is 0.265 e. The van der Waals surface area contributed by atoms with Crippen molar-refractivity contribution >= 4 is 34.1 Å². The van der Waals surface area contributed by atoms with E-state index >= 15 is 0 Å². The Hall–Kier alpha value is -3.19. The standard InChI is InChI=1S/C21H17ClFNO5/c1-11(25)3-7-17(26)19-20(27)14-6-5-13(10-16(14)24(2)21(19)28)29-18-8-4-12(23)9-15(18)22/h4-6,8-10,27H,3,7H2,1-2H3. The first kappa shape index (κ1) is 20.5. The predicted octanol–water partition coefficient (Wildman–Crippen LogP) is 4.38. The molecule has 0 radical (unpaired) electrons. The van der Waals surface area contributed by atoms with E-state index in [4.69, 9.17) is 16.3 Å². The molecule has 0 amide bonds. The molecule has 3 aromatic rings. The molecule has 150 valence electrons. The van der Waals surface area contributed by atoms with Crippen molar-refractivity contribution in [2.75, 3.05) is 0 Å². The number of pyridine rings is 1. The molecule has 0 aliphatic rings. The van der Waals surface area contributed by atoms with Gasteiger partial charge in [-0.3, -0.25) is 9.59 Å². The summed E-state index contributed by atoms with van der Waals surface area (Å²) >= 11 is 5.97. The van der Waals surface area contributed by atoms with E-state index in [1.807, 2.05) is 0 Å². The first-order chi connectivity index (χ1) is 13.7. The van der Waals surface area contributed by atoms with Crippen LogP contribution in [0.25, 0.3) is 10.9 Å². The molecule has 0 bridgehead atoms. The largest absolute Gasteiger partial charge is 0.506 e. The van der Waals surface area contributed by atoms with Crippen LogP contribution in [0.4, 0.5) is 4.39 Å². The van der Waals surface area contributed by atoms with Gasteiger partial charge in [0.2, 0.25) is 0 Å². The van der Waals surface area contributed by atoms with Crippen LogP contribution in [0.1, 0.15) is 30.1 Å². The van der Waals surface area contributed by atoms with E-state index in [0.29, 0.717) is 11.3 Å². The van der Waals surface area contributed by atoms with Gasteiger partial charge in [-0.25, -0.2) is 4.39 Å². The Morgan fingerprint density at radius 1 is 1.17 bits per heavy atom. The lowest BCUT2D eigenvalue weighted by Crippen LogP contribution is -2.25. The van der Waals surface area contributed by atoms with Gasteiger partial charge in [-0.15, -0.1) is 0 Å². The monoisotopic (exact) mass is 417 g/mol. The van der Waals surface area contributed by atoms with Gasteiger partial charge >= 0.3 is 0 Å². The number of halogens is 2. The number of aryl methyl sites for hydroxylation is 1. The number of benzene rings is 2. The molecule has 8 heteroatoms. The SMILES string of the molecule is CC(=O)CCC(=O)c1c(O)c2ccc(Oc3ccc(F)cc3Cl)cc2n(C)c1=O. The summed E-state index contributed by atoms with van der Waals surface area (Å²) in [5, 5.41) is 10.9. The minimum absolute atomic E-state index is 0.00925. The quantitative estimate of drug-likeness (QED) is 0.601. The molecule has 0 aliphatic carbocycles. The molecule has 2 aromatic carbocycles. The number of Topliss-reactive ketones (excluding diaryl/α,β-unsaturated/α-hetero) is 2. The molecule has 0 saturated carbocycles. The lowest BCUT2D eigenvalue weighted by atomic mass is 10.0. The van der Waals surface area contributed by atoms with E-state index in [0.717, 1.165) is 6.07 Å². The Balaban J connectivity index is 2.05. The zero-order chi connectivity index (χ0) is 21.3. The summed E-state index contributed by atoms with van der Waals surface area (Å²) in [6, 6.07) is 8.20. The second kappa shape index (κ2) is 8.05. The summed E-state index contributed by atoms with van der Waals surface area (Å²) in [7, 11) is 1.46. The highest BCUT2D eigenvalue weighted by atomic mass is 35.5. The van der Waals surface area contributed by atoms with E-state index in [2.05, 4.69) is 0 Å². The highest BCUT2D eigenvalue weighted by Gasteiger charge is 2.21. The molecule has 0 unspecified atom stereocenters. The Morgan fingerprint density at radius 3 is 2.55 bits per heavy atom. The van der Waals surface area contributed by atoms with E-state index < -0.39 is 22.9 Å². The predicted molar refractivity (Wildman–Crippen MR) is 107 cm³/mol. The molecular weight excluding hydrogens is 401 g/mol. The number of ketones is 2. The summed E-state index contributed by atoms with van der Waals surface area (Å²) in [5.74, 6) is -1.21. The number of hydrogen-bond acceptors (Lipinski definition) is 5. The van der Waals surface area contributed by atoms with E-state index in [9.17, 15) is 23.9 Å². The van der Waals surface area contributed by atoms with Crippen LogP contribution in [-0.2, 0) is 11.8 Å². The maximum atomic E-state index is 13.2. The summed E-state index contributed by atoms with van der Waals surface area (Å²) in [4.78, 5) is 36.1. The Bertz CT molecular complexity index is 1200. The average Bonchev–Trinajstić information content (AvgIpc) is 2.67. The summed E-state index contributed by atoms with van der Waals surface area (Å²) < 4.78 is 20.1. The molecule has 0 saturated heterocycles. The van der Waals surface area contributed by atoms with Gasteiger partial charge in [0.1, 0.15) is 34.4 Å². The van der Waals surface area contributed by atoms with Crippen LogP contribution in [-0.4, -0.2) is 21.2 Å². The first-order valence-corrected chi connectivity index (χ1v) is 9.08. The van der Waals surface area contributed by atoms with Crippen LogP contribution in [0.5, 0.6) is 17.2 Å². The molecular formula is C21H17ClFNO5. The molecule has 3 rings (SSSR count). The fraction of sp³-hybridized carbons (Fsp3) is 0.190. The van der Waals surface area contributed by atoms with Crippen molar-refractivity contribution in [3.8, 4) is 17.2 Å².